The summed E-state index contributed by atoms with van der Waals surface area (Å²) in [6, 6.07) is 8.50. The van der Waals surface area contributed by atoms with Crippen LogP contribution in [0.5, 0.6) is 0 Å². The van der Waals surface area contributed by atoms with Crippen LogP contribution < -0.4 is 5.32 Å². The van der Waals surface area contributed by atoms with Gasteiger partial charge in [0.1, 0.15) is 5.82 Å². The van der Waals surface area contributed by atoms with Crippen LogP contribution in [0.25, 0.3) is 0 Å². The normalized spacial score (nSPS) is 10.8. The van der Waals surface area contributed by atoms with Crippen LogP contribution in [0.2, 0.25) is 0 Å². The second-order valence-corrected chi connectivity index (χ2v) is 6.54. The fraction of sp³-hybridized carbons (Fsp3) is 0.278. The molecule has 3 aromatic rings. The highest BCUT2D eigenvalue weighted by Crippen LogP contribution is 2.12. The van der Waals surface area contributed by atoms with Gasteiger partial charge in [0.25, 0.3) is 0 Å². The van der Waals surface area contributed by atoms with E-state index < -0.39 is 0 Å². The van der Waals surface area contributed by atoms with Gasteiger partial charge < -0.3 is 10.2 Å². The van der Waals surface area contributed by atoms with E-state index in [2.05, 4.69) is 15.5 Å². The van der Waals surface area contributed by atoms with E-state index in [1.807, 2.05) is 48.9 Å². The van der Waals surface area contributed by atoms with Crippen molar-refractivity contribution < 1.29 is 4.39 Å². The SMILES string of the molecule is Cc1c(CN(C)C(=S)Nc2ccn(Cc3ccccc3F)n2)cnn1C. The highest BCUT2D eigenvalue weighted by molar-refractivity contribution is 7.80. The molecule has 0 unspecified atom stereocenters. The minimum atomic E-state index is -0.236. The summed E-state index contributed by atoms with van der Waals surface area (Å²) in [4.78, 5) is 1.93. The van der Waals surface area contributed by atoms with E-state index in [0.717, 1.165) is 11.3 Å². The summed E-state index contributed by atoms with van der Waals surface area (Å²) in [5, 5.41) is 12.3. The summed E-state index contributed by atoms with van der Waals surface area (Å²) < 4.78 is 17.3. The van der Waals surface area contributed by atoms with Crippen molar-refractivity contribution in [2.45, 2.75) is 20.0 Å². The lowest BCUT2D eigenvalue weighted by atomic mass is 10.2. The summed E-state index contributed by atoms with van der Waals surface area (Å²) in [6.07, 6.45) is 3.64. The number of hydrogen-bond donors (Lipinski definition) is 1. The third-order valence-electron chi connectivity index (χ3n) is 4.26. The molecule has 0 aliphatic carbocycles. The van der Waals surface area contributed by atoms with E-state index in [-0.39, 0.29) is 5.82 Å². The van der Waals surface area contributed by atoms with E-state index in [1.54, 1.807) is 23.0 Å². The molecule has 2 heterocycles. The first-order chi connectivity index (χ1) is 12.4. The molecule has 0 spiro atoms. The van der Waals surface area contributed by atoms with Gasteiger partial charge in [0, 0.05) is 49.7 Å². The third-order valence-corrected chi connectivity index (χ3v) is 4.67. The van der Waals surface area contributed by atoms with E-state index in [4.69, 9.17) is 12.2 Å². The minimum absolute atomic E-state index is 0.236. The van der Waals surface area contributed by atoms with E-state index in [9.17, 15) is 4.39 Å². The Morgan fingerprint density at radius 3 is 2.73 bits per heavy atom. The topological polar surface area (TPSA) is 50.9 Å². The maximum absolute atomic E-state index is 13.7. The van der Waals surface area contributed by atoms with Crippen molar-refractivity contribution in [1.29, 1.82) is 0 Å². The molecule has 0 atom stereocenters. The Bertz CT molecular complexity index is 916. The van der Waals surface area contributed by atoms with Crippen LogP contribution in [-0.4, -0.2) is 36.6 Å². The molecule has 8 heteroatoms. The summed E-state index contributed by atoms with van der Waals surface area (Å²) in [5.41, 5.74) is 2.81. The molecule has 0 aliphatic rings. The fourth-order valence-corrected chi connectivity index (χ4v) is 2.72. The zero-order valence-electron chi connectivity index (χ0n) is 15.0. The smallest absolute Gasteiger partial charge is 0.174 e. The summed E-state index contributed by atoms with van der Waals surface area (Å²) in [5.74, 6) is 0.390. The number of rotatable bonds is 5. The van der Waals surface area contributed by atoms with Crippen LogP contribution in [0.15, 0.2) is 42.7 Å². The number of thiocarbonyl (C=S) groups is 1. The van der Waals surface area contributed by atoms with Crippen LogP contribution in [0.1, 0.15) is 16.8 Å². The maximum atomic E-state index is 13.7. The Morgan fingerprint density at radius 1 is 1.27 bits per heavy atom. The minimum Gasteiger partial charge on any atom is -0.348 e. The van der Waals surface area contributed by atoms with Crippen LogP contribution in [-0.2, 0) is 20.1 Å². The number of aromatic nitrogens is 4. The first-order valence-corrected chi connectivity index (χ1v) is 8.61. The average molecular weight is 372 g/mol. The molecule has 0 amide bonds. The molecular weight excluding hydrogens is 351 g/mol. The number of nitrogens with zero attached hydrogens (tertiary/aromatic N) is 5. The van der Waals surface area contributed by atoms with E-state index in [0.29, 0.717) is 29.6 Å². The highest BCUT2D eigenvalue weighted by atomic mass is 32.1. The highest BCUT2D eigenvalue weighted by Gasteiger charge is 2.11. The van der Waals surface area contributed by atoms with Gasteiger partial charge in [-0.05, 0) is 25.2 Å². The lowest BCUT2D eigenvalue weighted by Crippen LogP contribution is -2.31. The van der Waals surface area contributed by atoms with Gasteiger partial charge in [-0.2, -0.15) is 10.2 Å². The molecule has 0 saturated carbocycles. The van der Waals surface area contributed by atoms with Crippen LogP contribution >= 0.6 is 12.2 Å². The van der Waals surface area contributed by atoms with Gasteiger partial charge in [0.05, 0.1) is 12.7 Å². The Balaban J connectivity index is 1.60. The van der Waals surface area contributed by atoms with Gasteiger partial charge >= 0.3 is 0 Å². The lowest BCUT2D eigenvalue weighted by molar-refractivity contribution is 0.506. The third kappa shape index (κ3) is 4.08. The largest absolute Gasteiger partial charge is 0.348 e. The van der Waals surface area contributed by atoms with Crippen LogP contribution in [0.3, 0.4) is 0 Å². The molecule has 0 aliphatic heterocycles. The van der Waals surface area contributed by atoms with E-state index >= 15 is 0 Å². The lowest BCUT2D eigenvalue weighted by Gasteiger charge is -2.20. The first-order valence-electron chi connectivity index (χ1n) is 8.20. The summed E-state index contributed by atoms with van der Waals surface area (Å²) in [6.45, 7) is 3.05. The summed E-state index contributed by atoms with van der Waals surface area (Å²) >= 11 is 5.45. The quantitative estimate of drug-likeness (QED) is 0.698. The number of nitrogens with one attached hydrogen (secondary N) is 1. The number of benzene rings is 1. The number of hydrogen-bond acceptors (Lipinski definition) is 3. The molecule has 2 aromatic heterocycles. The molecule has 1 aromatic carbocycles. The van der Waals surface area contributed by atoms with Crippen LogP contribution in [0.4, 0.5) is 10.2 Å². The van der Waals surface area contributed by atoms with Gasteiger partial charge in [-0.15, -0.1) is 0 Å². The number of halogens is 1. The Morgan fingerprint density at radius 2 is 2.04 bits per heavy atom. The molecule has 0 fully saturated rings. The zero-order valence-corrected chi connectivity index (χ0v) is 15.8. The molecule has 0 bridgehead atoms. The molecular formula is C18H21FN6S. The number of anilines is 1. The zero-order chi connectivity index (χ0) is 18.7. The average Bonchev–Trinajstić information content (AvgIpc) is 3.18. The molecule has 0 saturated heterocycles. The molecule has 26 heavy (non-hydrogen) atoms. The number of aryl methyl sites for hydroxylation is 1. The van der Waals surface area contributed by atoms with Crippen molar-refractivity contribution in [2.75, 3.05) is 12.4 Å². The fourth-order valence-electron chi connectivity index (χ4n) is 2.55. The monoisotopic (exact) mass is 372 g/mol. The molecule has 136 valence electrons. The van der Waals surface area contributed by atoms with Crippen molar-refractivity contribution in [3.63, 3.8) is 0 Å². The van der Waals surface area contributed by atoms with Gasteiger partial charge in [0.15, 0.2) is 10.9 Å². The van der Waals surface area contributed by atoms with Crippen molar-refractivity contribution in [3.05, 3.63) is 65.4 Å². The second kappa shape index (κ2) is 7.65. The van der Waals surface area contributed by atoms with Crippen LogP contribution in [0, 0.1) is 12.7 Å². The summed E-state index contributed by atoms with van der Waals surface area (Å²) in [7, 11) is 3.83. The van der Waals surface area contributed by atoms with Gasteiger partial charge in [-0.25, -0.2) is 4.39 Å². The van der Waals surface area contributed by atoms with E-state index in [1.165, 1.54) is 6.07 Å². The van der Waals surface area contributed by atoms with Crippen molar-refractivity contribution in [3.8, 4) is 0 Å². The Hall–Kier alpha value is -2.74. The van der Waals surface area contributed by atoms with Gasteiger partial charge in [-0.1, -0.05) is 18.2 Å². The molecule has 6 nitrogen and oxygen atoms in total. The standard InChI is InChI=1S/C18H21FN6S/c1-13-15(10-20-24(13)3)11-23(2)18(26)21-17-8-9-25(22-17)12-14-6-4-5-7-16(14)19/h4-10H,11-12H2,1-3H3,(H,21,22,26). The Labute approximate surface area is 157 Å². The second-order valence-electron chi connectivity index (χ2n) is 6.16. The van der Waals surface area contributed by atoms with Crippen molar-refractivity contribution in [2.24, 2.45) is 7.05 Å². The predicted molar refractivity (Wildman–Crippen MR) is 103 cm³/mol. The Kier molecular flexibility index (Phi) is 5.32. The van der Waals surface area contributed by atoms with Crippen molar-refractivity contribution in [1.82, 2.24) is 24.5 Å². The van der Waals surface area contributed by atoms with Gasteiger partial charge in [0.2, 0.25) is 0 Å². The molecule has 3 rings (SSSR count). The first kappa shape index (κ1) is 18.1. The van der Waals surface area contributed by atoms with Crippen molar-refractivity contribution >= 4 is 23.1 Å². The molecule has 1 N–H and O–H groups in total. The molecule has 0 radical (unpaired) electrons. The van der Waals surface area contributed by atoms with Gasteiger partial charge in [-0.3, -0.25) is 9.36 Å². The maximum Gasteiger partial charge on any atom is 0.174 e. The predicted octanol–water partition coefficient (Wildman–Crippen LogP) is 2.94.